The van der Waals surface area contributed by atoms with E-state index in [4.69, 9.17) is 28.9 Å². The maximum atomic E-state index is 11.7. The summed E-state index contributed by atoms with van der Waals surface area (Å²) in [5.74, 6) is -0.229. The average Bonchev–Trinajstić information content (AvgIpc) is 2.21. The molecule has 0 radical (unpaired) electrons. The molecule has 0 heterocycles. The van der Waals surface area contributed by atoms with Crippen molar-refractivity contribution in [2.24, 2.45) is 5.73 Å². The Morgan fingerprint density at radius 3 is 2.81 bits per heavy atom. The van der Waals surface area contributed by atoms with Crippen molar-refractivity contribution in [3.05, 3.63) is 33.8 Å². The zero-order chi connectivity index (χ0) is 12.1. The Morgan fingerprint density at radius 2 is 2.19 bits per heavy atom. The predicted octanol–water partition coefficient (Wildman–Crippen LogP) is 2.46. The van der Waals surface area contributed by atoms with E-state index in [-0.39, 0.29) is 17.0 Å². The van der Waals surface area contributed by atoms with E-state index in [1.165, 1.54) is 0 Å². The number of amides is 1. The molecule has 88 valence electrons. The monoisotopic (exact) mass is 260 g/mol. The fourth-order valence-electron chi connectivity index (χ4n) is 1.19. The first kappa shape index (κ1) is 13.3. The van der Waals surface area contributed by atoms with Crippen molar-refractivity contribution in [1.29, 1.82) is 0 Å². The summed E-state index contributed by atoms with van der Waals surface area (Å²) in [6.07, 6.45) is 0.726. The van der Waals surface area contributed by atoms with Crippen LogP contribution in [0.5, 0.6) is 0 Å². The molecule has 0 bridgehead atoms. The van der Waals surface area contributed by atoms with Crippen molar-refractivity contribution in [3.8, 4) is 0 Å². The quantitative estimate of drug-likeness (QED) is 0.874. The summed E-state index contributed by atoms with van der Waals surface area (Å²) in [5.41, 5.74) is 5.96. The second kappa shape index (κ2) is 6.09. The highest BCUT2D eigenvalue weighted by atomic mass is 35.5. The summed E-state index contributed by atoms with van der Waals surface area (Å²) in [4.78, 5) is 11.7. The molecular formula is C11H14Cl2N2O. The van der Waals surface area contributed by atoms with Crippen molar-refractivity contribution >= 4 is 29.1 Å². The minimum atomic E-state index is -0.229. The van der Waals surface area contributed by atoms with Crippen LogP contribution in [-0.4, -0.2) is 18.5 Å². The minimum absolute atomic E-state index is 0.0649. The van der Waals surface area contributed by atoms with Gasteiger partial charge in [0.15, 0.2) is 0 Å². The van der Waals surface area contributed by atoms with Crippen LogP contribution in [0.1, 0.15) is 23.7 Å². The molecule has 1 unspecified atom stereocenters. The molecule has 5 heteroatoms. The van der Waals surface area contributed by atoms with Gasteiger partial charge in [0.25, 0.3) is 5.91 Å². The van der Waals surface area contributed by atoms with E-state index >= 15 is 0 Å². The van der Waals surface area contributed by atoms with E-state index in [0.29, 0.717) is 17.1 Å². The summed E-state index contributed by atoms with van der Waals surface area (Å²) in [5, 5.41) is 3.39. The molecule has 3 N–H and O–H groups in total. The lowest BCUT2D eigenvalue weighted by Gasteiger charge is -2.08. The third-order valence-corrected chi connectivity index (χ3v) is 2.90. The van der Waals surface area contributed by atoms with Crippen LogP contribution in [0, 0.1) is 0 Å². The van der Waals surface area contributed by atoms with Gasteiger partial charge in [-0.2, -0.15) is 0 Å². The second-order valence-electron chi connectivity index (χ2n) is 3.62. The molecule has 0 aliphatic rings. The number of nitrogens with one attached hydrogen (secondary N) is 1. The lowest BCUT2D eigenvalue weighted by molar-refractivity contribution is 0.0953. The summed E-state index contributed by atoms with van der Waals surface area (Å²) < 4.78 is 0. The van der Waals surface area contributed by atoms with Crippen molar-refractivity contribution < 1.29 is 4.79 Å². The van der Waals surface area contributed by atoms with Crippen LogP contribution in [0.25, 0.3) is 0 Å². The van der Waals surface area contributed by atoms with Crippen LogP contribution in [0.2, 0.25) is 10.0 Å². The molecule has 1 atom stereocenters. The van der Waals surface area contributed by atoms with E-state index in [1.807, 2.05) is 6.92 Å². The molecular weight excluding hydrogens is 247 g/mol. The van der Waals surface area contributed by atoms with Crippen LogP contribution in [0.15, 0.2) is 18.2 Å². The highest BCUT2D eigenvalue weighted by Crippen LogP contribution is 2.25. The molecule has 0 saturated heterocycles. The first-order valence-corrected chi connectivity index (χ1v) is 5.75. The van der Waals surface area contributed by atoms with E-state index in [0.717, 1.165) is 6.42 Å². The summed E-state index contributed by atoms with van der Waals surface area (Å²) in [6.45, 7) is 2.41. The Kier molecular flexibility index (Phi) is 5.06. The van der Waals surface area contributed by atoms with Gasteiger partial charge >= 0.3 is 0 Å². The summed E-state index contributed by atoms with van der Waals surface area (Å²) >= 11 is 11.7. The number of hydrogen-bond acceptors (Lipinski definition) is 2. The topological polar surface area (TPSA) is 55.1 Å². The average molecular weight is 261 g/mol. The lowest BCUT2D eigenvalue weighted by atomic mass is 10.2. The number of hydrogen-bond donors (Lipinski definition) is 2. The molecule has 0 saturated carbocycles. The zero-order valence-corrected chi connectivity index (χ0v) is 10.5. The molecule has 3 nitrogen and oxygen atoms in total. The van der Waals surface area contributed by atoms with Gasteiger partial charge in [-0.15, -0.1) is 0 Å². The highest BCUT2D eigenvalue weighted by molar-refractivity contribution is 6.43. The Hall–Kier alpha value is -0.770. The molecule has 0 fully saturated rings. The normalized spacial score (nSPS) is 12.2. The number of rotatable bonds is 4. The van der Waals surface area contributed by atoms with Gasteiger partial charge in [0, 0.05) is 12.6 Å². The second-order valence-corrected chi connectivity index (χ2v) is 4.41. The third-order valence-electron chi connectivity index (χ3n) is 2.08. The van der Waals surface area contributed by atoms with Crippen LogP contribution in [-0.2, 0) is 0 Å². The molecule has 1 rings (SSSR count). The lowest BCUT2D eigenvalue weighted by Crippen LogP contribution is -2.29. The smallest absolute Gasteiger partial charge is 0.252 e. The molecule has 16 heavy (non-hydrogen) atoms. The number of benzene rings is 1. The van der Waals surface area contributed by atoms with Crippen molar-refractivity contribution in [3.63, 3.8) is 0 Å². The third kappa shape index (κ3) is 3.67. The Labute approximate surface area is 105 Å². The van der Waals surface area contributed by atoms with E-state index in [9.17, 15) is 4.79 Å². The van der Waals surface area contributed by atoms with E-state index in [2.05, 4.69) is 5.32 Å². The van der Waals surface area contributed by atoms with Crippen LogP contribution < -0.4 is 11.1 Å². The molecule has 1 amide bonds. The van der Waals surface area contributed by atoms with Gasteiger partial charge < -0.3 is 11.1 Å². The van der Waals surface area contributed by atoms with Crippen molar-refractivity contribution in [2.45, 2.75) is 19.4 Å². The fraction of sp³-hybridized carbons (Fsp3) is 0.364. The van der Waals surface area contributed by atoms with Gasteiger partial charge in [0.05, 0.1) is 15.6 Å². The van der Waals surface area contributed by atoms with Gasteiger partial charge in [-0.05, 0) is 25.5 Å². The number of carbonyl (C=O) groups excluding carboxylic acids is 1. The van der Waals surface area contributed by atoms with E-state index < -0.39 is 0 Å². The van der Waals surface area contributed by atoms with Crippen LogP contribution in [0.4, 0.5) is 0 Å². The Morgan fingerprint density at radius 1 is 1.50 bits per heavy atom. The maximum absolute atomic E-state index is 11.7. The van der Waals surface area contributed by atoms with Gasteiger partial charge in [-0.3, -0.25) is 4.79 Å². The molecule has 1 aromatic rings. The molecule has 0 aromatic heterocycles. The number of nitrogens with two attached hydrogens (primary N) is 1. The first-order chi connectivity index (χ1) is 7.52. The van der Waals surface area contributed by atoms with Crippen LogP contribution >= 0.6 is 23.2 Å². The summed E-state index contributed by atoms with van der Waals surface area (Å²) in [7, 11) is 0. The number of carbonyl (C=O) groups is 1. The van der Waals surface area contributed by atoms with Gasteiger partial charge in [-0.1, -0.05) is 29.3 Å². The van der Waals surface area contributed by atoms with Crippen molar-refractivity contribution in [1.82, 2.24) is 5.32 Å². The Bertz CT molecular complexity index is 380. The minimum Gasteiger partial charge on any atom is -0.352 e. The highest BCUT2D eigenvalue weighted by Gasteiger charge is 2.11. The van der Waals surface area contributed by atoms with Gasteiger partial charge in [0.1, 0.15) is 0 Å². The summed E-state index contributed by atoms with van der Waals surface area (Å²) in [6, 6.07) is 5.03. The van der Waals surface area contributed by atoms with Crippen LogP contribution in [0.3, 0.4) is 0 Å². The number of halogens is 2. The van der Waals surface area contributed by atoms with Crippen molar-refractivity contribution in [2.75, 3.05) is 6.54 Å². The zero-order valence-electron chi connectivity index (χ0n) is 8.97. The largest absolute Gasteiger partial charge is 0.352 e. The maximum Gasteiger partial charge on any atom is 0.252 e. The SMILES string of the molecule is CC(N)CCNC(=O)c1cccc(Cl)c1Cl. The molecule has 1 aromatic carbocycles. The molecule has 0 aliphatic heterocycles. The molecule has 0 spiro atoms. The Balaban J connectivity index is 2.63. The standard InChI is InChI=1S/C11H14Cl2N2O/c1-7(14)5-6-15-11(16)8-3-2-4-9(12)10(8)13/h2-4,7H,5-6,14H2,1H3,(H,15,16). The molecule has 0 aliphatic carbocycles. The first-order valence-electron chi connectivity index (χ1n) is 5.00. The van der Waals surface area contributed by atoms with E-state index in [1.54, 1.807) is 18.2 Å². The van der Waals surface area contributed by atoms with Gasteiger partial charge in [0.2, 0.25) is 0 Å². The van der Waals surface area contributed by atoms with Gasteiger partial charge in [-0.25, -0.2) is 0 Å². The predicted molar refractivity (Wildman–Crippen MR) is 67.1 cm³/mol. The fourth-order valence-corrected chi connectivity index (χ4v) is 1.57.